The van der Waals surface area contributed by atoms with Crippen LogP contribution < -0.4 is 0 Å². The Balaban J connectivity index is 1.45. The normalized spacial score (nSPS) is 46.8. The van der Waals surface area contributed by atoms with Crippen molar-refractivity contribution in [2.75, 3.05) is 13.1 Å². The molecule has 1 heterocycles. The van der Waals surface area contributed by atoms with Crippen molar-refractivity contribution in [3.05, 3.63) is 0 Å². The summed E-state index contributed by atoms with van der Waals surface area (Å²) in [6.45, 7) is 1.82. The highest BCUT2D eigenvalue weighted by molar-refractivity contribution is 5.68. The molecule has 4 bridgehead atoms. The summed E-state index contributed by atoms with van der Waals surface area (Å²) in [4.78, 5) is 14.1. The Labute approximate surface area is 102 Å². The zero-order valence-electron chi connectivity index (χ0n) is 10.4. The SMILES string of the molecule is O=C(OC12CC3CC1CC3C2)N1CCCCC1. The van der Waals surface area contributed by atoms with Gasteiger partial charge in [-0.15, -0.1) is 0 Å². The molecule has 0 spiro atoms. The molecule has 3 nitrogen and oxygen atoms in total. The topological polar surface area (TPSA) is 29.5 Å². The smallest absolute Gasteiger partial charge is 0.410 e. The molecule has 94 valence electrons. The van der Waals surface area contributed by atoms with Gasteiger partial charge in [-0.25, -0.2) is 4.79 Å². The summed E-state index contributed by atoms with van der Waals surface area (Å²) < 4.78 is 5.97. The highest BCUT2D eigenvalue weighted by Crippen LogP contribution is 2.66. The standard InChI is InChI=1S/C14H21NO2/c16-13(15-4-2-1-3-5-15)17-14-8-10-6-12(14)7-11(10)9-14/h10-12H,1-9H2. The van der Waals surface area contributed by atoms with Gasteiger partial charge in [-0.3, -0.25) is 0 Å². The van der Waals surface area contributed by atoms with E-state index in [0.29, 0.717) is 5.92 Å². The first-order valence-corrected chi connectivity index (χ1v) is 7.25. The van der Waals surface area contributed by atoms with Crippen LogP contribution in [-0.4, -0.2) is 29.7 Å². The second kappa shape index (κ2) is 3.39. The molecule has 0 aromatic carbocycles. The lowest BCUT2D eigenvalue weighted by atomic mass is 9.95. The average Bonchev–Trinajstić information content (AvgIpc) is 3.02. The number of nitrogens with zero attached hydrogens (tertiary/aromatic N) is 1. The number of rotatable bonds is 1. The Morgan fingerprint density at radius 2 is 1.71 bits per heavy atom. The van der Waals surface area contributed by atoms with E-state index in [9.17, 15) is 4.79 Å². The van der Waals surface area contributed by atoms with E-state index >= 15 is 0 Å². The van der Waals surface area contributed by atoms with Gasteiger partial charge in [0.25, 0.3) is 0 Å². The van der Waals surface area contributed by atoms with Crippen LogP contribution in [0.2, 0.25) is 0 Å². The molecular formula is C14H21NO2. The minimum absolute atomic E-state index is 0.0158. The summed E-state index contributed by atoms with van der Waals surface area (Å²) in [7, 11) is 0. The van der Waals surface area contributed by atoms with Gasteiger partial charge in [0.1, 0.15) is 5.60 Å². The molecule has 4 aliphatic carbocycles. The summed E-state index contributed by atoms with van der Waals surface area (Å²) in [6.07, 6.45) is 8.55. The van der Waals surface area contributed by atoms with Crippen molar-refractivity contribution in [2.45, 2.75) is 50.5 Å². The Bertz CT molecular complexity index is 334. The number of likely N-dealkylation sites (tertiary alicyclic amines) is 1. The van der Waals surface area contributed by atoms with E-state index in [4.69, 9.17) is 4.74 Å². The lowest BCUT2D eigenvalue weighted by molar-refractivity contribution is -0.0211. The maximum absolute atomic E-state index is 12.2. The van der Waals surface area contributed by atoms with E-state index in [-0.39, 0.29) is 11.7 Å². The quantitative estimate of drug-likeness (QED) is 0.699. The third kappa shape index (κ3) is 1.37. The van der Waals surface area contributed by atoms with Gasteiger partial charge < -0.3 is 9.64 Å². The molecule has 3 heteroatoms. The Kier molecular flexibility index (Phi) is 2.04. The molecule has 1 aliphatic heterocycles. The van der Waals surface area contributed by atoms with Gasteiger partial charge in [-0.05, 0) is 62.7 Å². The molecular weight excluding hydrogens is 214 g/mol. The molecule has 0 aromatic rings. The van der Waals surface area contributed by atoms with Gasteiger partial charge in [0.2, 0.25) is 0 Å². The Hall–Kier alpha value is -0.730. The highest BCUT2D eigenvalue weighted by Gasteiger charge is 2.65. The number of carbonyl (C=O) groups is 1. The molecule has 5 aliphatic rings. The first kappa shape index (κ1) is 10.2. The van der Waals surface area contributed by atoms with Gasteiger partial charge in [0.05, 0.1) is 0 Å². The van der Waals surface area contributed by atoms with Crippen molar-refractivity contribution in [3.8, 4) is 0 Å². The fourth-order valence-electron chi connectivity index (χ4n) is 4.93. The minimum atomic E-state index is -0.0239. The second-order valence-electron chi connectivity index (χ2n) is 6.58. The molecule has 5 fully saturated rings. The van der Waals surface area contributed by atoms with E-state index in [1.165, 1.54) is 32.1 Å². The molecule has 0 radical (unpaired) electrons. The molecule has 2 unspecified atom stereocenters. The van der Waals surface area contributed by atoms with Crippen LogP contribution in [-0.2, 0) is 4.74 Å². The Morgan fingerprint density at radius 1 is 1.06 bits per heavy atom. The number of piperidine rings is 1. The van der Waals surface area contributed by atoms with Crippen molar-refractivity contribution in [3.63, 3.8) is 0 Å². The van der Waals surface area contributed by atoms with Crippen LogP contribution >= 0.6 is 0 Å². The van der Waals surface area contributed by atoms with E-state index in [1.54, 1.807) is 0 Å². The van der Waals surface area contributed by atoms with Crippen molar-refractivity contribution in [1.82, 2.24) is 4.90 Å². The molecule has 17 heavy (non-hydrogen) atoms. The summed E-state index contributed by atoms with van der Waals surface area (Å²) >= 11 is 0. The average molecular weight is 235 g/mol. The summed E-state index contributed by atoms with van der Waals surface area (Å²) in [5, 5.41) is 0. The number of carbonyl (C=O) groups excluding carboxylic acids is 1. The summed E-state index contributed by atoms with van der Waals surface area (Å²) in [5.41, 5.74) is -0.0239. The molecule has 2 atom stereocenters. The van der Waals surface area contributed by atoms with Crippen molar-refractivity contribution >= 4 is 6.09 Å². The number of amides is 1. The van der Waals surface area contributed by atoms with Gasteiger partial charge in [0, 0.05) is 13.1 Å². The number of hydrogen-bond acceptors (Lipinski definition) is 2. The third-order valence-corrected chi connectivity index (χ3v) is 5.71. The molecule has 0 aromatic heterocycles. The molecule has 4 saturated carbocycles. The molecule has 5 rings (SSSR count). The molecule has 0 N–H and O–H groups in total. The summed E-state index contributed by atoms with van der Waals surface area (Å²) in [6, 6.07) is 0. The van der Waals surface area contributed by atoms with Crippen LogP contribution in [0.3, 0.4) is 0 Å². The monoisotopic (exact) mass is 235 g/mol. The zero-order chi connectivity index (χ0) is 11.5. The lowest BCUT2D eigenvalue weighted by Crippen LogP contribution is -2.43. The fraction of sp³-hybridized carbons (Fsp3) is 0.929. The van der Waals surface area contributed by atoms with Crippen LogP contribution in [0.15, 0.2) is 0 Å². The van der Waals surface area contributed by atoms with E-state index in [1.807, 2.05) is 4.90 Å². The maximum Gasteiger partial charge on any atom is 0.410 e. The largest absolute Gasteiger partial charge is 0.442 e. The third-order valence-electron chi connectivity index (χ3n) is 5.71. The van der Waals surface area contributed by atoms with Crippen LogP contribution in [0.5, 0.6) is 0 Å². The first-order valence-electron chi connectivity index (χ1n) is 7.25. The van der Waals surface area contributed by atoms with Crippen molar-refractivity contribution in [1.29, 1.82) is 0 Å². The molecule has 1 saturated heterocycles. The van der Waals surface area contributed by atoms with Crippen LogP contribution in [0, 0.1) is 17.8 Å². The summed E-state index contributed by atoms with van der Waals surface area (Å²) in [5.74, 6) is 2.47. The van der Waals surface area contributed by atoms with Gasteiger partial charge in [0.15, 0.2) is 0 Å². The van der Waals surface area contributed by atoms with E-state index in [2.05, 4.69) is 0 Å². The first-order chi connectivity index (χ1) is 8.27. The molecule has 1 amide bonds. The fourth-order valence-corrected chi connectivity index (χ4v) is 4.93. The Morgan fingerprint density at radius 3 is 2.24 bits per heavy atom. The van der Waals surface area contributed by atoms with Gasteiger partial charge >= 0.3 is 6.09 Å². The zero-order valence-corrected chi connectivity index (χ0v) is 10.4. The number of hydrogen-bond donors (Lipinski definition) is 0. The van der Waals surface area contributed by atoms with Gasteiger partial charge in [-0.2, -0.15) is 0 Å². The predicted octanol–water partition coefficient (Wildman–Crippen LogP) is 2.80. The van der Waals surface area contributed by atoms with Crippen molar-refractivity contribution in [2.24, 2.45) is 17.8 Å². The van der Waals surface area contributed by atoms with Crippen molar-refractivity contribution < 1.29 is 9.53 Å². The number of ether oxygens (including phenoxy) is 1. The lowest BCUT2D eigenvalue weighted by Gasteiger charge is -2.33. The highest BCUT2D eigenvalue weighted by atomic mass is 16.6. The minimum Gasteiger partial charge on any atom is -0.442 e. The van der Waals surface area contributed by atoms with Crippen LogP contribution in [0.25, 0.3) is 0 Å². The van der Waals surface area contributed by atoms with E-state index < -0.39 is 0 Å². The van der Waals surface area contributed by atoms with Crippen LogP contribution in [0.1, 0.15) is 44.9 Å². The van der Waals surface area contributed by atoms with Gasteiger partial charge in [-0.1, -0.05) is 0 Å². The predicted molar refractivity (Wildman–Crippen MR) is 63.6 cm³/mol. The van der Waals surface area contributed by atoms with Crippen LogP contribution in [0.4, 0.5) is 4.79 Å². The second-order valence-corrected chi connectivity index (χ2v) is 6.58. The van der Waals surface area contributed by atoms with E-state index in [0.717, 1.165) is 37.8 Å². The maximum atomic E-state index is 12.2.